The molecule has 0 amide bonds. The molecule has 106 valence electrons. The molecule has 4 rings (SSSR count). The van der Waals surface area contributed by atoms with Gasteiger partial charge in [-0.1, -0.05) is 0 Å². The fourth-order valence-electron chi connectivity index (χ4n) is 2.57. The summed E-state index contributed by atoms with van der Waals surface area (Å²) in [6, 6.07) is 5.15. The highest BCUT2D eigenvalue weighted by Gasteiger charge is 2.30. The van der Waals surface area contributed by atoms with E-state index in [0.29, 0.717) is 12.5 Å². The molecule has 6 heteroatoms. The minimum atomic E-state index is -0.917. The van der Waals surface area contributed by atoms with Crippen LogP contribution in [0.2, 0.25) is 0 Å². The van der Waals surface area contributed by atoms with Crippen LogP contribution in [0.3, 0.4) is 0 Å². The Bertz CT molecular complexity index is 819. The third-order valence-corrected chi connectivity index (χ3v) is 4.51. The number of fused-ring (bicyclic) bond motifs is 1. The minimum Gasteiger partial charge on any atom is -0.478 e. The number of benzene rings is 1. The standard InChI is InChI=1S/C15H13N3O2S/c19-15(20)10-3-4-12-11(7-10)17-14(9-1-2-9)18(12)8-13-16-5-6-21-13/h3-7,9H,1-2,8H2,(H,19,20). The number of aromatic carboxylic acids is 1. The third-order valence-electron chi connectivity index (χ3n) is 3.74. The number of imidazole rings is 1. The maximum atomic E-state index is 11.1. The fourth-order valence-corrected chi connectivity index (χ4v) is 3.17. The summed E-state index contributed by atoms with van der Waals surface area (Å²) in [7, 11) is 0. The molecule has 0 radical (unpaired) electrons. The molecule has 1 N–H and O–H groups in total. The Labute approximate surface area is 124 Å². The van der Waals surface area contributed by atoms with E-state index < -0.39 is 5.97 Å². The van der Waals surface area contributed by atoms with E-state index in [1.54, 1.807) is 29.7 Å². The Morgan fingerprint density at radius 3 is 2.95 bits per heavy atom. The number of hydrogen-bond acceptors (Lipinski definition) is 4. The minimum absolute atomic E-state index is 0.281. The van der Waals surface area contributed by atoms with Gasteiger partial charge in [-0.3, -0.25) is 0 Å². The van der Waals surface area contributed by atoms with Crippen LogP contribution in [0.5, 0.6) is 0 Å². The second kappa shape index (κ2) is 4.66. The van der Waals surface area contributed by atoms with Gasteiger partial charge < -0.3 is 9.67 Å². The summed E-state index contributed by atoms with van der Waals surface area (Å²) in [6.45, 7) is 0.701. The number of aromatic nitrogens is 3. The van der Waals surface area contributed by atoms with Crippen LogP contribution in [0.4, 0.5) is 0 Å². The van der Waals surface area contributed by atoms with Crippen molar-refractivity contribution in [1.82, 2.24) is 14.5 Å². The average Bonchev–Trinajstić information content (AvgIpc) is 3.07. The molecule has 0 spiro atoms. The number of carboxylic acid groups (broad SMARTS) is 1. The smallest absolute Gasteiger partial charge is 0.335 e. The first kappa shape index (κ1) is 12.5. The summed E-state index contributed by atoms with van der Waals surface area (Å²) in [6.07, 6.45) is 4.12. The Hall–Kier alpha value is -2.21. The molecule has 0 aliphatic heterocycles. The zero-order valence-corrected chi connectivity index (χ0v) is 12.0. The maximum absolute atomic E-state index is 11.1. The molecule has 5 nitrogen and oxygen atoms in total. The Morgan fingerprint density at radius 2 is 2.29 bits per heavy atom. The van der Waals surface area contributed by atoms with E-state index >= 15 is 0 Å². The quantitative estimate of drug-likeness (QED) is 0.803. The third kappa shape index (κ3) is 2.21. The fraction of sp³-hybridized carbons (Fsp3) is 0.267. The summed E-state index contributed by atoms with van der Waals surface area (Å²) in [5, 5.41) is 12.1. The number of rotatable bonds is 4. The molecule has 3 aromatic rings. The number of hydrogen-bond donors (Lipinski definition) is 1. The highest BCUT2D eigenvalue weighted by atomic mass is 32.1. The normalized spacial score (nSPS) is 14.7. The number of carbonyl (C=O) groups is 1. The van der Waals surface area contributed by atoms with Crippen molar-refractivity contribution in [2.45, 2.75) is 25.3 Å². The van der Waals surface area contributed by atoms with Gasteiger partial charge in [0.2, 0.25) is 0 Å². The molecule has 1 aliphatic rings. The van der Waals surface area contributed by atoms with Crippen LogP contribution in [0.1, 0.15) is 39.9 Å². The molecule has 1 fully saturated rings. The van der Waals surface area contributed by atoms with Crippen molar-refractivity contribution in [2.24, 2.45) is 0 Å². The van der Waals surface area contributed by atoms with Gasteiger partial charge in [0.25, 0.3) is 0 Å². The molecule has 1 aromatic carbocycles. The lowest BCUT2D eigenvalue weighted by Gasteiger charge is -2.06. The Morgan fingerprint density at radius 1 is 1.43 bits per heavy atom. The van der Waals surface area contributed by atoms with Crippen molar-refractivity contribution in [3.8, 4) is 0 Å². The van der Waals surface area contributed by atoms with Crippen molar-refractivity contribution in [1.29, 1.82) is 0 Å². The molecule has 2 heterocycles. The molecule has 2 aromatic heterocycles. The predicted octanol–water partition coefficient (Wildman–Crippen LogP) is 3.12. The summed E-state index contributed by atoms with van der Waals surface area (Å²) < 4.78 is 2.18. The lowest BCUT2D eigenvalue weighted by Crippen LogP contribution is -2.04. The van der Waals surface area contributed by atoms with E-state index in [4.69, 9.17) is 5.11 Å². The number of nitrogens with zero attached hydrogens (tertiary/aromatic N) is 3. The molecular weight excluding hydrogens is 286 g/mol. The SMILES string of the molecule is O=C(O)c1ccc2c(c1)nc(C1CC1)n2Cc1nccs1. The topological polar surface area (TPSA) is 68.0 Å². The second-order valence-electron chi connectivity index (χ2n) is 5.26. The van der Waals surface area contributed by atoms with Gasteiger partial charge in [-0.25, -0.2) is 14.8 Å². The van der Waals surface area contributed by atoms with Crippen LogP contribution in [0, 0.1) is 0 Å². The van der Waals surface area contributed by atoms with E-state index in [2.05, 4.69) is 14.5 Å². The summed E-state index contributed by atoms with van der Waals surface area (Å²) >= 11 is 1.62. The van der Waals surface area contributed by atoms with E-state index in [1.165, 1.54) is 0 Å². The van der Waals surface area contributed by atoms with Crippen LogP contribution >= 0.6 is 11.3 Å². The molecule has 21 heavy (non-hydrogen) atoms. The van der Waals surface area contributed by atoms with Gasteiger partial charge in [-0.2, -0.15) is 0 Å². The van der Waals surface area contributed by atoms with Crippen LogP contribution in [0.15, 0.2) is 29.8 Å². The molecule has 0 saturated heterocycles. The number of carboxylic acids is 1. The largest absolute Gasteiger partial charge is 0.478 e. The molecule has 0 unspecified atom stereocenters. The monoisotopic (exact) mass is 299 g/mol. The average molecular weight is 299 g/mol. The van der Waals surface area contributed by atoms with Gasteiger partial charge in [0.1, 0.15) is 10.8 Å². The molecule has 0 atom stereocenters. The van der Waals surface area contributed by atoms with Crippen LogP contribution < -0.4 is 0 Å². The van der Waals surface area contributed by atoms with Crippen molar-refractivity contribution >= 4 is 28.3 Å². The van der Waals surface area contributed by atoms with Gasteiger partial charge in [0.05, 0.1) is 23.1 Å². The first-order valence-corrected chi connectivity index (χ1v) is 7.72. The van der Waals surface area contributed by atoms with Gasteiger partial charge >= 0.3 is 5.97 Å². The van der Waals surface area contributed by atoms with Crippen molar-refractivity contribution in [2.75, 3.05) is 0 Å². The van der Waals surface area contributed by atoms with Crippen LogP contribution in [-0.2, 0) is 6.54 Å². The van der Waals surface area contributed by atoms with Gasteiger partial charge in [0, 0.05) is 17.5 Å². The lowest BCUT2D eigenvalue weighted by molar-refractivity contribution is 0.0697. The highest BCUT2D eigenvalue weighted by Crippen LogP contribution is 2.41. The van der Waals surface area contributed by atoms with Crippen molar-refractivity contribution < 1.29 is 9.90 Å². The van der Waals surface area contributed by atoms with E-state index in [0.717, 1.165) is 34.7 Å². The summed E-state index contributed by atoms with van der Waals surface area (Å²) in [4.78, 5) is 20.1. The zero-order valence-electron chi connectivity index (χ0n) is 11.2. The lowest BCUT2D eigenvalue weighted by atomic mass is 10.2. The Balaban J connectivity index is 1.85. The van der Waals surface area contributed by atoms with E-state index in [1.807, 2.05) is 11.4 Å². The van der Waals surface area contributed by atoms with Gasteiger partial charge in [-0.15, -0.1) is 11.3 Å². The van der Waals surface area contributed by atoms with Gasteiger partial charge in [0.15, 0.2) is 0 Å². The second-order valence-corrected chi connectivity index (χ2v) is 6.24. The molecule has 0 bridgehead atoms. The molecular formula is C15H13N3O2S. The first-order chi connectivity index (χ1) is 10.2. The van der Waals surface area contributed by atoms with Crippen LogP contribution in [0.25, 0.3) is 11.0 Å². The Kier molecular flexibility index (Phi) is 2.78. The summed E-state index contributed by atoms with van der Waals surface area (Å²) in [5.41, 5.74) is 2.02. The zero-order chi connectivity index (χ0) is 14.4. The number of thiazole rings is 1. The van der Waals surface area contributed by atoms with Crippen molar-refractivity contribution in [3.63, 3.8) is 0 Å². The summed E-state index contributed by atoms with van der Waals surface area (Å²) in [5.74, 6) is 0.646. The van der Waals surface area contributed by atoms with Crippen molar-refractivity contribution in [3.05, 3.63) is 46.2 Å². The van der Waals surface area contributed by atoms with E-state index in [-0.39, 0.29) is 5.56 Å². The molecule has 1 saturated carbocycles. The highest BCUT2D eigenvalue weighted by molar-refractivity contribution is 7.09. The first-order valence-electron chi connectivity index (χ1n) is 6.84. The maximum Gasteiger partial charge on any atom is 0.335 e. The van der Waals surface area contributed by atoms with E-state index in [9.17, 15) is 4.79 Å². The predicted molar refractivity (Wildman–Crippen MR) is 79.9 cm³/mol. The van der Waals surface area contributed by atoms with Crippen LogP contribution in [-0.4, -0.2) is 25.6 Å². The molecule has 1 aliphatic carbocycles. The van der Waals surface area contributed by atoms with Gasteiger partial charge in [-0.05, 0) is 31.0 Å².